The number of ether oxygens (including phenoxy) is 2. The van der Waals surface area contributed by atoms with Crippen LogP contribution >= 0.6 is 0 Å². The second-order valence-electron chi connectivity index (χ2n) is 12.5. The topological polar surface area (TPSA) is 105 Å². The third-order valence-corrected chi connectivity index (χ3v) is 7.77. The molecule has 0 fully saturated rings. The average Bonchev–Trinajstić information content (AvgIpc) is 3.03. The number of rotatable bonds is 8. The summed E-state index contributed by atoms with van der Waals surface area (Å²) in [7, 11) is 0. The lowest BCUT2D eigenvalue weighted by atomic mass is 9.93. The Morgan fingerprint density at radius 2 is 1.48 bits per heavy atom. The minimum absolute atomic E-state index is 0.0243. The molecular weight excluding hydrogens is 625 g/mol. The van der Waals surface area contributed by atoms with Gasteiger partial charge in [0.25, 0.3) is 0 Å². The van der Waals surface area contributed by atoms with Crippen LogP contribution in [0.25, 0.3) is 11.1 Å². The molecule has 2 amide bonds. The molecule has 250 valence electrons. The molecule has 4 aromatic rings. The van der Waals surface area contributed by atoms with Crippen molar-refractivity contribution < 1.29 is 42.1 Å². The van der Waals surface area contributed by atoms with Gasteiger partial charge in [0.2, 0.25) is 5.91 Å². The molecule has 11 heteroatoms. The first-order valence-electron chi connectivity index (χ1n) is 15.3. The van der Waals surface area contributed by atoms with Crippen LogP contribution in [0.3, 0.4) is 0 Å². The summed E-state index contributed by atoms with van der Waals surface area (Å²) in [5.41, 5.74) is 2.38. The number of aliphatic carboxylic acids is 1. The zero-order valence-corrected chi connectivity index (χ0v) is 26.6. The van der Waals surface area contributed by atoms with Gasteiger partial charge in [0.05, 0.1) is 12.1 Å². The van der Waals surface area contributed by atoms with E-state index in [4.69, 9.17) is 9.47 Å². The SMILES string of the molecule is CC(C)(C)OC(=O)N1Cc2cc(Oc3ccc(C(F)(F)F)cc3)ccc2C[C@H]1C(=O)N[C@@H](Cc1ccc(-c2ccccc2)cc1)C(=O)O. The quantitative estimate of drug-likeness (QED) is 0.201. The Kier molecular flexibility index (Phi) is 9.79. The molecule has 8 nitrogen and oxygen atoms in total. The lowest BCUT2D eigenvalue weighted by molar-refractivity contribution is -0.142. The molecule has 0 radical (unpaired) electrons. The molecule has 2 N–H and O–H groups in total. The van der Waals surface area contributed by atoms with E-state index in [1.807, 2.05) is 54.6 Å². The number of nitrogens with zero attached hydrogens (tertiary/aromatic N) is 1. The van der Waals surface area contributed by atoms with E-state index >= 15 is 0 Å². The molecule has 5 rings (SSSR count). The van der Waals surface area contributed by atoms with Gasteiger partial charge in [-0.1, -0.05) is 60.7 Å². The van der Waals surface area contributed by atoms with E-state index in [9.17, 15) is 32.7 Å². The van der Waals surface area contributed by atoms with E-state index in [2.05, 4.69) is 5.32 Å². The van der Waals surface area contributed by atoms with Crippen LogP contribution in [0.2, 0.25) is 0 Å². The highest BCUT2D eigenvalue weighted by molar-refractivity contribution is 5.90. The van der Waals surface area contributed by atoms with Crippen LogP contribution in [-0.4, -0.2) is 45.7 Å². The van der Waals surface area contributed by atoms with Crippen LogP contribution in [0.5, 0.6) is 11.5 Å². The van der Waals surface area contributed by atoms with Crippen molar-refractivity contribution in [2.75, 3.05) is 0 Å². The molecule has 0 spiro atoms. The van der Waals surface area contributed by atoms with Crippen molar-refractivity contribution in [1.29, 1.82) is 0 Å². The van der Waals surface area contributed by atoms with E-state index in [0.29, 0.717) is 16.9 Å². The number of carboxylic acid groups (broad SMARTS) is 1. The maximum Gasteiger partial charge on any atom is 0.416 e. The molecule has 4 aromatic carbocycles. The van der Waals surface area contributed by atoms with Gasteiger partial charge in [-0.3, -0.25) is 9.69 Å². The molecule has 1 aliphatic rings. The summed E-state index contributed by atoms with van der Waals surface area (Å²) in [5.74, 6) is -1.36. The summed E-state index contributed by atoms with van der Waals surface area (Å²) in [4.78, 5) is 40.6. The van der Waals surface area contributed by atoms with Gasteiger partial charge in [0.1, 0.15) is 29.2 Å². The van der Waals surface area contributed by atoms with Crippen molar-refractivity contribution in [1.82, 2.24) is 10.2 Å². The highest BCUT2D eigenvalue weighted by Crippen LogP contribution is 2.33. The Labute approximate surface area is 276 Å². The summed E-state index contributed by atoms with van der Waals surface area (Å²) >= 11 is 0. The predicted molar refractivity (Wildman–Crippen MR) is 172 cm³/mol. The van der Waals surface area contributed by atoms with Crippen molar-refractivity contribution in [2.45, 2.75) is 64.0 Å². The zero-order chi connectivity index (χ0) is 34.6. The maximum atomic E-state index is 13.7. The van der Waals surface area contributed by atoms with Crippen LogP contribution in [0.1, 0.15) is 43.0 Å². The monoisotopic (exact) mass is 660 g/mol. The fourth-order valence-corrected chi connectivity index (χ4v) is 5.39. The molecule has 0 unspecified atom stereocenters. The molecule has 1 aliphatic heterocycles. The van der Waals surface area contributed by atoms with Gasteiger partial charge in [0.15, 0.2) is 0 Å². The Balaban J connectivity index is 1.34. The summed E-state index contributed by atoms with van der Waals surface area (Å²) in [6.45, 7) is 5.03. The van der Waals surface area contributed by atoms with Crippen LogP contribution in [-0.2, 0) is 39.9 Å². The normalized spacial score (nSPS) is 15.2. The summed E-state index contributed by atoms with van der Waals surface area (Å²) < 4.78 is 50.3. The largest absolute Gasteiger partial charge is 0.480 e. The molecule has 0 bridgehead atoms. The fraction of sp³-hybridized carbons (Fsp3) is 0.270. The first kappa shape index (κ1) is 34.0. The van der Waals surface area contributed by atoms with E-state index in [1.54, 1.807) is 39.0 Å². The van der Waals surface area contributed by atoms with Gasteiger partial charge in [-0.2, -0.15) is 13.2 Å². The second kappa shape index (κ2) is 13.8. The predicted octanol–water partition coefficient (Wildman–Crippen LogP) is 7.64. The lowest BCUT2D eigenvalue weighted by Crippen LogP contribution is -2.56. The number of alkyl halides is 3. The summed E-state index contributed by atoms with van der Waals surface area (Å²) in [5, 5.41) is 12.6. The zero-order valence-electron chi connectivity index (χ0n) is 26.6. The van der Waals surface area contributed by atoms with Crippen molar-refractivity contribution in [3.63, 3.8) is 0 Å². The highest BCUT2D eigenvalue weighted by Gasteiger charge is 2.38. The van der Waals surface area contributed by atoms with Crippen molar-refractivity contribution >= 4 is 18.0 Å². The van der Waals surface area contributed by atoms with E-state index in [-0.39, 0.29) is 25.1 Å². The number of carbonyl (C=O) groups excluding carboxylic acids is 2. The third kappa shape index (κ3) is 8.52. The van der Waals surface area contributed by atoms with Crippen molar-refractivity contribution in [2.24, 2.45) is 0 Å². The number of nitrogens with one attached hydrogen (secondary N) is 1. The van der Waals surface area contributed by atoms with Crippen molar-refractivity contribution in [3.05, 3.63) is 119 Å². The van der Waals surface area contributed by atoms with Crippen LogP contribution in [0.15, 0.2) is 97.1 Å². The van der Waals surface area contributed by atoms with Gasteiger partial charge < -0.3 is 19.9 Å². The molecule has 1 heterocycles. The lowest BCUT2D eigenvalue weighted by Gasteiger charge is -2.37. The summed E-state index contributed by atoms with van der Waals surface area (Å²) in [6.07, 6.45) is -5.14. The Morgan fingerprint density at radius 3 is 2.08 bits per heavy atom. The van der Waals surface area contributed by atoms with E-state index < -0.39 is 47.4 Å². The minimum atomic E-state index is -4.48. The van der Waals surface area contributed by atoms with Gasteiger partial charge in [-0.05, 0) is 85.0 Å². The van der Waals surface area contributed by atoms with Crippen LogP contribution in [0.4, 0.5) is 18.0 Å². The van der Waals surface area contributed by atoms with E-state index in [1.165, 1.54) is 17.0 Å². The second-order valence-corrected chi connectivity index (χ2v) is 12.5. The number of fused-ring (bicyclic) bond motifs is 1. The minimum Gasteiger partial charge on any atom is -0.480 e. The number of hydrogen-bond donors (Lipinski definition) is 2. The highest BCUT2D eigenvalue weighted by atomic mass is 19.4. The molecule has 0 saturated carbocycles. The van der Waals surface area contributed by atoms with Gasteiger partial charge in [0, 0.05) is 12.8 Å². The summed E-state index contributed by atoms with van der Waals surface area (Å²) in [6, 6.07) is 24.1. The van der Waals surface area contributed by atoms with Gasteiger partial charge >= 0.3 is 18.2 Å². The Hall–Kier alpha value is -5.32. The number of carboxylic acids is 1. The Bertz CT molecular complexity index is 1770. The smallest absolute Gasteiger partial charge is 0.416 e. The van der Waals surface area contributed by atoms with E-state index in [0.717, 1.165) is 28.8 Å². The first-order chi connectivity index (χ1) is 22.7. The standard InChI is InChI=1S/C37H35F3N2O6/c1-36(2,3)48-35(46)42-22-27-20-30(47-29-17-14-28(15-18-29)37(38,39)40)16-13-26(27)21-32(42)33(43)41-31(34(44)45)19-23-9-11-25(12-10-23)24-7-5-4-6-8-24/h4-18,20,31-32H,19,21-22H2,1-3H3,(H,41,43)(H,44,45)/t31-,32-/m0/s1. The molecule has 0 saturated heterocycles. The van der Waals surface area contributed by atoms with Crippen LogP contribution in [0, 0.1) is 0 Å². The number of benzene rings is 4. The maximum absolute atomic E-state index is 13.7. The number of amides is 2. The fourth-order valence-electron chi connectivity index (χ4n) is 5.39. The Morgan fingerprint density at radius 1 is 0.854 bits per heavy atom. The molecule has 0 aromatic heterocycles. The number of hydrogen-bond acceptors (Lipinski definition) is 5. The average molecular weight is 661 g/mol. The van der Waals surface area contributed by atoms with Crippen LogP contribution < -0.4 is 10.1 Å². The van der Waals surface area contributed by atoms with Gasteiger partial charge in [-0.25, -0.2) is 9.59 Å². The molecule has 48 heavy (non-hydrogen) atoms. The number of halogens is 3. The molecule has 0 aliphatic carbocycles. The van der Waals surface area contributed by atoms with Crippen molar-refractivity contribution in [3.8, 4) is 22.6 Å². The molecular formula is C37H35F3N2O6. The molecule has 2 atom stereocenters. The third-order valence-electron chi connectivity index (χ3n) is 7.77. The first-order valence-corrected chi connectivity index (χ1v) is 15.3. The van der Waals surface area contributed by atoms with Gasteiger partial charge in [-0.15, -0.1) is 0 Å². The number of carbonyl (C=O) groups is 3.